The zero-order valence-electron chi connectivity index (χ0n) is 9.05. The van der Waals surface area contributed by atoms with E-state index in [0.717, 1.165) is 32.4 Å². The van der Waals surface area contributed by atoms with Crippen molar-refractivity contribution in [2.45, 2.75) is 33.1 Å². The first kappa shape index (κ1) is 12.8. The third-order valence-corrected chi connectivity index (χ3v) is 1.88. The van der Waals surface area contributed by atoms with Gasteiger partial charge in [0.1, 0.15) is 6.54 Å². The van der Waals surface area contributed by atoms with Crippen LogP contribution in [0, 0.1) is 11.3 Å². The third kappa shape index (κ3) is 5.41. The Balaban J connectivity index is 3.91. The van der Waals surface area contributed by atoms with Gasteiger partial charge < -0.3 is 10.2 Å². The second-order valence-corrected chi connectivity index (χ2v) is 3.16. The predicted molar refractivity (Wildman–Crippen MR) is 55.8 cm³/mol. The van der Waals surface area contributed by atoms with Crippen LogP contribution in [0.4, 0.5) is 4.79 Å². The molecule has 0 aromatic carbocycles. The van der Waals surface area contributed by atoms with Gasteiger partial charge >= 0.3 is 6.03 Å². The van der Waals surface area contributed by atoms with Crippen LogP contribution in [0.1, 0.15) is 33.1 Å². The summed E-state index contributed by atoms with van der Waals surface area (Å²) in [6, 6.07) is 1.77. The van der Waals surface area contributed by atoms with Crippen LogP contribution < -0.4 is 5.32 Å². The van der Waals surface area contributed by atoms with Crippen molar-refractivity contribution in [3.05, 3.63) is 0 Å². The molecule has 0 aliphatic heterocycles. The van der Waals surface area contributed by atoms with Gasteiger partial charge in [0, 0.05) is 13.1 Å². The molecule has 0 radical (unpaired) electrons. The van der Waals surface area contributed by atoms with E-state index in [4.69, 9.17) is 5.26 Å². The second-order valence-electron chi connectivity index (χ2n) is 3.16. The molecule has 0 atom stereocenters. The SMILES string of the molecule is CCCCN(CCC)C(=O)NCC#N. The number of carbonyl (C=O) groups excluding carboxylic acids is 1. The molecule has 0 spiro atoms. The summed E-state index contributed by atoms with van der Waals surface area (Å²) in [5.74, 6) is 0. The largest absolute Gasteiger partial charge is 0.325 e. The average Bonchev–Trinajstić information content (AvgIpc) is 2.20. The van der Waals surface area contributed by atoms with E-state index in [9.17, 15) is 4.79 Å². The number of carbonyl (C=O) groups is 1. The van der Waals surface area contributed by atoms with E-state index in [-0.39, 0.29) is 12.6 Å². The highest BCUT2D eigenvalue weighted by Gasteiger charge is 2.10. The molecule has 0 bridgehead atoms. The summed E-state index contributed by atoms with van der Waals surface area (Å²) in [5.41, 5.74) is 0. The fraction of sp³-hybridized carbons (Fsp3) is 0.800. The number of hydrogen-bond acceptors (Lipinski definition) is 2. The molecule has 0 aromatic heterocycles. The van der Waals surface area contributed by atoms with Crippen molar-refractivity contribution in [2.75, 3.05) is 19.6 Å². The molecule has 4 nitrogen and oxygen atoms in total. The number of urea groups is 1. The maximum absolute atomic E-state index is 11.5. The molecule has 0 aliphatic rings. The van der Waals surface area contributed by atoms with E-state index in [0.29, 0.717) is 0 Å². The van der Waals surface area contributed by atoms with Crippen molar-refractivity contribution >= 4 is 6.03 Å². The highest BCUT2D eigenvalue weighted by atomic mass is 16.2. The molecule has 4 heteroatoms. The summed E-state index contributed by atoms with van der Waals surface area (Å²) in [5, 5.41) is 10.9. The summed E-state index contributed by atoms with van der Waals surface area (Å²) in [7, 11) is 0. The number of nitriles is 1. The van der Waals surface area contributed by atoms with E-state index in [1.807, 2.05) is 13.0 Å². The number of nitrogens with zero attached hydrogens (tertiary/aromatic N) is 2. The molecule has 0 saturated heterocycles. The van der Waals surface area contributed by atoms with Crippen LogP contribution in [0.25, 0.3) is 0 Å². The lowest BCUT2D eigenvalue weighted by molar-refractivity contribution is 0.198. The van der Waals surface area contributed by atoms with Gasteiger partial charge in [-0.15, -0.1) is 0 Å². The van der Waals surface area contributed by atoms with E-state index >= 15 is 0 Å². The first-order valence-corrected chi connectivity index (χ1v) is 5.16. The number of nitrogens with one attached hydrogen (secondary N) is 1. The summed E-state index contributed by atoms with van der Waals surface area (Å²) in [4.78, 5) is 13.2. The zero-order chi connectivity index (χ0) is 10.8. The highest BCUT2D eigenvalue weighted by molar-refractivity contribution is 5.74. The quantitative estimate of drug-likeness (QED) is 0.659. The van der Waals surface area contributed by atoms with Crippen molar-refractivity contribution in [2.24, 2.45) is 0 Å². The Labute approximate surface area is 85.9 Å². The molecule has 0 aromatic rings. The Hall–Kier alpha value is -1.24. The molecule has 0 fully saturated rings. The fourth-order valence-electron chi connectivity index (χ4n) is 1.16. The Kier molecular flexibility index (Phi) is 7.62. The Morgan fingerprint density at radius 1 is 1.36 bits per heavy atom. The van der Waals surface area contributed by atoms with Gasteiger partial charge in [-0.05, 0) is 12.8 Å². The number of hydrogen-bond donors (Lipinski definition) is 1. The lowest BCUT2D eigenvalue weighted by Gasteiger charge is -2.21. The van der Waals surface area contributed by atoms with Crippen LogP contribution in [-0.4, -0.2) is 30.6 Å². The minimum absolute atomic E-state index is 0.0885. The van der Waals surface area contributed by atoms with E-state index in [1.54, 1.807) is 4.90 Å². The lowest BCUT2D eigenvalue weighted by atomic mass is 10.3. The fourth-order valence-corrected chi connectivity index (χ4v) is 1.16. The van der Waals surface area contributed by atoms with Crippen LogP contribution in [0.15, 0.2) is 0 Å². The van der Waals surface area contributed by atoms with E-state index < -0.39 is 0 Å². The van der Waals surface area contributed by atoms with Gasteiger partial charge in [0.25, 0.3) is 0 Å². The van der Waals surface area contributed by atoms with Gasteiger partial charge in [-0.1, -0.05) is 20.3 Å². The summed E-state index contributed by atoms with van der Waals surface area (Å²) in [6.07, 6.45) is 3.04. The molecule has 0 unspecified atom stereocenters. The predicted octanol–water partition coefficient (Wildman–Crippen LogP) is 1.73. The van der Waals surface area contributed by atoms with Crippen molar-refractivity contribution in [3.8, 4) is 6.07 Å². The number of unbranched alkanes of at least 4 members (excludes halogenated alkanes) is 1. The molecule has 0 aliphatic carbocycles. The van der Waals surface area contributed by atoms with Crippen molar-refractivity contribution < 1.29 is 4.79 Å². The van der Waals surface area contributed by atoms with Crippen molar-refractivity contribution in [1.82, 2.24) is 10.2 Å². The molecule has 1 N–H and O–H groups in total. The summed E-state index contributed by atoms with van der Waals surface area (Å²) in [6.45, 7) is 5.76. The number of amides is 2. The van der Waals surface area contributed by atoms with Crippen LogP contribution in [0.2, 0.25) is 0 Å². The molecule has 0 saturated carbocycles. The van der Waals surface area contributed by atoms with Crippen molar-refractivity contribution in [1.29, 1.82) is 5.26 Å². The van der Waals surface area contributed by atoms with Gasteiger partial charge in [-0.3, -0.25) is 0 Å². The standard InChI is InChI=1S/C10H19N3O/c1-3-5-9-13(8-4-2)10(14)12-7-6-11/h3-5,7-9H2,1-2H3,(H,12,14). The van der Waals surface area contributed by atoms with Gasteiger partial charge in [0.2, 0.25) is 0 Å². The topological polar surface area (TPSA) is 56.1 Å². The molecule has 0 heterocycles. The van der Waals surface area contributed by atoms with E-state index in [2.05, 4.69) is 12.2 Å². The Morgan fingerprint density at radius 2 is 2.07 bits per heavy atom. The van der Waals surface area contributed by atoms with Crippen LogP contribution >= 0.6 is 0 Å². The van der Waals surface area contributed by atoms with Gasteiger partial charge in [-0.2, -0.15) is 5.26 Å². The smallest absolute Gasteiger partial charge is 0.318 e. The molecular weight excluding hydrogens is 178 g/mol. The zero-order valence-corrected chi connectivity index (χ0v) is 9.05. The van der Waals surface area contributed by atoms with Crippen molar-refractivity contribution in [3.63, 3.8) is 0 Å². The maximum Gasteiger partial charge on any atom is 0.318 e. The van der Waals surface area contributed by atoms with E-state index in [1.165, 1.54) is 0 Å². The molecular formula is C10H19N3O. The Bertz CT molecular complexity index is 198. The Morgan fingerprint density at radius 3 is 2.57 bits per heavy atom. The molecule has 14 heavy (non-hydrogen) atoms. The first-order valence-electron chi connectivity index (χ1n) is 5.16. The summed E-state index contributed by atoms with van der Waals surface area (Å²) < 4.78 is 0. The second kappa shape index (κ2) is 8.36. The highest BCUT2D eigenvalue weighted by Crippen LogP contribution is 1.97. The molecule has 80 valence electrons. The minimum Gasteiger partial charge on any atom is -0.325 e. The number of rotatable bonds is 6. The average molecular weight is 197 g/mol. The third-order valence-electron chi connectivity index (χ3n) is 1.88. The first-order chi connectivity index (χ1) is 6.76. The van der Waals surface area contributed by atoms with Gasteiger partial charge in [0.05, 0.1) is 6.07 Å². The van der Waals surface area contributed by atoms with Gasteiger partial charge in [-0.25, -0.2) is 4.79 Å². The summed E-state index contributed by atoms with van der Waals surface area (Å²) >= 11 is 0. The van der Waals surface area contributed by atoms with Gasteiger partial charge in [0.15, 0.2) is 0 Å². The lowest BCUT2D eigenvalue weighted by Crippen LogP contribution is -2.41. The minimum atomic E-state index is -0.123. The normalized spacial score (nSPS) is 9.21. The van der Waals surface area contributed by atoms with Crippen LogP contribution in [0.5, 0.6) is 0 Å². The molecule has 2 amide bonds. The maximum atomic E-state index is 11.5. The molecule has 0 rings (SSSR count). The van der Waals surface area contributed by atoms with Crippen LogP contribution in [-0.2, 0) is 0 Å². The monoisotopic (exact) mass is 197 g/mol. The van der Waals surface area contributed by atoms with Crippen LogP contribution in [0.3, 0.4) is 0 Å².